The molecule has 2 aromatic rings. The van der Waals surface area contributed by atoms with Gasteiger partial charge in [-0.25, -0.2) is 4.79 Å². The van der Waals surface area contributed by atoms with Crippen molar-refractivity contribution in [3.63, 3.8) is 0 Å². The second-order valence-electron chi connectivity index (χ2n) is 5.12. The maximum Gasteiger partial charge on any atom is 0.342 e. The molecular weight excluding hydrogens is 415 g/mol. The van der Waals surface area contributed by atoms with E-state index in [1.807, 2.05) is 0 Å². The first-order valence-corrected chi connectivity index (χ1v) is 7.92. The monoisotopic (exact) mass is 426 g/mol. The molecule has 0 saturated carbocycles. The molecule has 1 unspecified atom stereocenters. The van der Waals surface area contributed by atoms with Gasteiger partial charge in [0.25, 0.3) is 5.91 Å². The number of carbonyl (C=O) groups is 2. The van der Waals surface area contributed by atoms with E-state index < -0.39 is 34.4 Å². The Morgan fingerprint density at radius 3 is 2.65 bits per heavy atom. The van der Waals surface area contributed by atoms with Gasteiger partial charge in [-0.05, 0) is 37.3 Å². The maximum absolute atomic E-state index is 13.3. The van der Waals surface area contributed by atoms with Crippen molar-refractivity contribution in [1.29, 1.82) is 0 Å². The van der Waals surface area contributed by atoms with E-state index in [-0.39, 0.29) is 17.0 Å². The van der Waals surface area contributed by atoms with Gasteiger partial charge in [-0.3, -0.25) is 14.9 Å². The number of benzene rings is 2. The first-order valence-electron chi connectivity index (χ1n) is 7.13. The fraction of sp³-hybridized carbons (Fsp3) is 0.125. The summed E-state index contributed by atoms with van der Waals surface area (Å²) in [7, 11) is 0. The molecule has 2 aromatic carbocycles. The van der Waals surface area contributed by atoms with Crippen LogP contribution in [-0.4, -0.2) is 28.0 Å². The van der Waals surface area contributed by atoms with Gasteiger partial charge in [0.05, 0.1) is 4.92 Å². The third kappa shape index (κ3) is 4.54. The van der Waals surface area contributed by atoms with Crippen LogP contribution in [0.25, 0.3) is 0 Å². The van der Waals surface area contributed by atoms with Crippen LogP contribution in [0.15, 0.2) is 40.9 Å². The second kappa shape index (κ2) is 7.91. The molecule has 2 N–H and O–H groups in total. The lowest BCUT2D eigenvalue weighted by Crippen LogP contribution is -2.30. The topological polar surface area (TPSA) is 119 Å². The van der Waals surface area contributed by atoms with Crippen LogP contribution in [-0.2, 0) is 9.53 Å². The molecule has 0 heterocycles. The molecule has 0 aliphatic carbocycles. The summed E-state index contributed by atoms with van der Waals surface area (Å²) in [6.45, 7) is 1.28. The summed E-state index contributed by atoms with van der Waals surface area (Å²) >= 11 is 3.14. The number of carbonyl (C=O) groups excluding carboxylic acids is 2. The number of nitrogens with one attached hydrogen (secondary N) is 1. The van der Waals surface area contributed by atoms with Gasteiger partial charge in [0, 0.05) is 16.2 Å². The van der Waals surface area contributed by atoms with E-state index in [1.54, 1.807) is 0 Å². The zero-order chi connectivity index (χ0) is 19.4. The number of halogens is 2. The number of amides is 1. The Labute approximate surface area is 154 Å². The highest BCUT2D eigenvalue weighted by Gasteiger charge is 2.22. The lowest BCUT2D eigenvalue weighted by Gasteiger charge is -2.14. The molecule has 2 rings (SSSR count). The quantitative estimate of drug-likeness (QED) is 0.429. The third-order valence-corrected chi connectivity index (χ3v) is 3.74. The summed E-state index contributed by atoms with van der Waals surface area (Å²) in [5.74, 6) is -3.08. The number of nitro groups is 1. The Hall–Kier alpha value is -3.01. The van der Waals surface area contributed by atoms with E-state index in [0.717, 1.165) is 18.2 Å². The van der Waals surface area contributed by atoms with Crippen LogP contribution in [0.4, 0.5) is 15.8 Å². The summed E-state index contributed by atoms with van der Waals surface area (Å²) < 4.78 is 18.8. The van der Waals surface area contributed by atoms with Crippen LogP contribution >= 0.6 is 15.9 Å². The second-order valence-corrected chi connectivity index (χ2v) is 6.04. The zero-order valence-corrected chi connectivity index (χ0v) is 14.8. The predicted molar refractivity (Wildman–Crippen MR) is 92.4 cm³/mol. The lowest BCUT2D eigenvalue weighted by atomic mass is 10.2. The average molecular weight is 427 g/mol. The largest absolute Gasteiger partial charge is 0.507 e. The molecule has 0 bridgehead atoms. The number of phenolic OH excluding ortho intramolecular Hbond substituents is 1. The lowest BCUT2D eigenvalue weighted by molar-refractivity contribution is -0.387. The van der Waals surface area contributed by atoms with Crippen molar-refractivity contribution in [2.45, 2.75) is 13.0 Å². The molecule has 136 valence electrons. The number of hydrogen-bond donors (Lipinski definition) is 2. The molecule has 8 nitrogen and oxygen atoms in total. The Morgan fingerprint density at radius 1 is 1.31 bits per heavy atom. The molecule has 0 spiro atoms. The van der Waals surface area contributed by atoms with Crippen LogP contribution in [0.5, 0.6) is 5.75 Å². The number of nitro benzene ring substituents is 1. The van der Waals surface area contributed by atoms with Crippen molar-refractivity contribution in [2.75, 3.05) is 5.32 Å². The summed E-state index contributed by atoms with van der Waals surface area (Å²) in [4.78, 5) is 33.9. The van der Waals surface area contributed by atoms with Gasteiger partial charge in [0.1, 0.15) is 11.3 Å². The smallest absolute Gasteiger partial charge is 0.342 e. The maximum atomic E-state index is 13.3. The fourth-order valence-corrected chi connectivity index (χ4v) is 2.28. The van der Waals surface area contributed by atoms with Gasteiger partial charge >= 0.3 is 11.7 Å². The number of hydrogen-bond acceptors (Lipinski definition) is 6. The highest BCUT2D eigenvalue weighted by molar-refractivity contribution is 9.10. The minimum Gasteiger partial charge on any atom is -0.507 e. The third-order valence-electron chi connectivity index (χ3n) is 3.24. The molecule has 0 saturated heterocycles. The van der Waals surface area contributed by atoms with Gasteiger partial charge in [0.2, 0.25) is 5.82 Å². The summed E-state index contributed by atoms with van der Waals surface area (Å²) in [5, 5.41) is 22.7. The number of esters is 1. The van der Waals surface area contributed by atoms with Gasteiger partial charge in [-0.15, -0.1) is 0 Å². The number of rotatable bonds is 5. The molecule has 0 aliphatic rings. The van der Waals surface area contributed by atoms with E-state index in [4.69, 9.17) is 4.74 Å². The minimum absolute atomic E-state index is 0.0312. The Balaban J connectivity index is 2.08. The van der Waals surface area contributed by atoms with Crippen molar-refractivity contribution in [3.05, 3.63) is 62.4 Å². The highest BCUT2D eigenvalue weighted by Crippen LogP contribution is 2.24. The van der Waals surface area contributed by atoms with Gasteiger partial charge < -0.3 is 15.2 Å². The van der Waals surface area contributed by atoms with Crippen LogP contribution in [0.1, 0.15) is 17.3 Å². The van der Waals surface area contributed by atoms with Crippen LogP contribution in [0.2, 0.25) is 0 Å². The van der Waals surface area contributed by atoms with E-state index in [9.17, 15) is 29.2 Å². The fourth-order valence-electron chi connectivity index (χ4n) is 1.92. The number of ether oxygens (including phenoxy) is 1. The SMILES string of the molecule is CC(OC(=O)c1cc(Br)ccc1O)C(=O)Nc1ccc(F)c([N+](=O)[O-])c1. The molecular formula is C16H12BrFN2O6. The Kier molecular flexibility index (Phi) is 5.88. The standard InChI is InChI=1S/C16H12BrFN2O6/c1-8(26-16(23)11-6-9(17)2-5-14(11)21)15(22)19-10-3-4-12(18)13(7-10)20(24)25/h2-8,21H,1H3,(H,19,22). The number of anilines is 1. The van der Waals surface area contributed by atoms with Crippen LogP contribution in [0, 0.1) is 15.9 Å². The minimum atomic E-state index is -1.27. The summed E-state index contributed by atoms with van der Waals surface area (Å²) in [5.41, 5.74) is -0.973. The van der Waals surface area contributed by atoms with Gasteiger partial charge in [0.15, 0.2) is 6.10 Å². The molecule has 0 aromatic heterocycles. The first kappa shape index (κ1) is 19.3. The van der Waals surface area contributed by atoms with Gasteiger partial charge in [-0.2, -0.15) is 4.39 Å². The van der Waals surface area contributed by atoms with Crippen LogP contribution in [0.3, 0.4) is 0 Å². The summed E-state index contributed by atoms with van der Waals surface area (Å²) in [6, 6.07) is 6.94. The molecule has 0 aliphatic heterocycles. The number of phenols is 1. The zero-order valence-electron chi connectivity index (χ0n) is 13.2. The number of nitrogens with zero attached hydrogens (tertiary/aromatic N) is 1. The van der Waals surface area contributed by atoms with E-state index in [2.05, 4.69) is 21.2 Å². The van der Waals surface area contributed by atoms with Gasteiger partial charge in [-0.1, -0.05) is 15.9 Å². The molecule has 1 amide bonds. The molecule has 10 heteroatoms. The van der Waals surface area contributed by atoms with Crippen molar-refractivity contribution in [3.8, 4) is 5.75 Å². The Bertz CT molecular complexity index is 889. The van der Waals surface area contributed by atoms with Crippen molar-refractivity contribution in [1.82, 2.24) is 0 Å². The Morgan fingerprint density at radius 2 is 2.00 bits per heavy atom. The normalized spacial score (nSPS) is 11.5. The van der Waals surface area contributed by atoms with Crippen molar-refractivity contribution >= 4 is 39.2 Å². The molecule has 0 fully saturated rings. The highest BCUT2D eigenvalue weighted by atomic mass is 79.9. The number of aromatic hydroxyl groups is 1. The van der Waals surface area contributed by atoms with Crippen molar-refractivity contribution in [2.24, 2.45) is 0 Å². The first-order chi connectivity index (χ1) is 12.2. The van der Waals surface area contributed by atoms with E-state index >= 15 is 0 Å². The van der Waals surface area contributed by atoms with Crippen LogP contribution < -0.4 is 5.32 Å². The van der Waals surface area contributed by atoms with E-state index in [1.165, 1.54) is 25.1 Å². The average Bonchev–Trinajstić information content (AvgIpc) is 2.58. The predicted octanol–water partition coefficient (Wildman–Crippen LogP) is 3.39. The summed E-state index contributed by atoms with van der Waals surface area (Å²) in [6.07, 6.45) is -1.27. The van der Waals surface area contributed by atoms with E-state index in [0.29, 0.717) is 4.47 Å². The molecule has 26 heavy (non-hydrogen) atoms. The molecule has 1 atom stereocenters. The molecule has 0 radical (unpaired) electrons. The van der Waals surface area contributed by atoms with Crippen molar-refractivity contribution < 1.29 is 28.7 Å².